The Bertz CT molecular complexity index is 892. The molecule has 7 N–H and O–H groups in total. The van der Waals surface area contributed by atoms with Gasteiger partial charge in [-0.3, -0.25) is 19.8 Å². The number of aliphatic hydroxyl groups is 1. The molecule has 1 aliphatic carbocycles. The van der Waals surface area contributed by atoms with Crippen molar-refractivity contribution in [3.63, 3.8) is 0 Å². The summed E-state index contributed by atoms with van der Waals surface area (Å²) in [6.07, 6.45) is -0.849. The van der Waals surface area contributed by atoms with Crippen LogP contribution in [0.3, 0.4) is 0 Å². The minimum atomic E-state index is -1.29. The van der Waals surface area contributed by atoms with E-state index in [4.69, 9.17) is 11.1 Å². The molecule has 1 aliphatic rings. The van der Waals surface area contributed by atoms with Gasteiger partial charge in [-0.15, -0.1) is 0 Å². The highest BCUT2D eigenvalue weighted by molar-refractivity contribution is 5.95. The number of nitrogen functional groups attached to an aromatic ring is 1. The van der Waals surface area contributed by atoms with Crippen molar-refractivity contribution in [1.29, 1.82) is 10.7 Å². The first-order chi connectivity index (χ1) is 14.0. The van der Waals surface area contributed by atoms with Gasteiger partial charge in [-0.2, -0.15) is 5.26 Å². The van der Waals surface area contributed by atoms with Crippen molar-refractivity contribution in [3.8, 4) is 6.07 Å². The van der Waals surface area contributed by atoms with Gasteiger partial charge in [0.1, 0.15) is 23.5 Å². The Morgan fingerprint density at radius 3 is 2.30 bits per heavy atom. The average molecular weight is 414 g/mol. The minimum absolute atomic E-state index is 0.0683. The van der Waals surface area contributed by atoms with Gasteiger partial charge in [0, 0.05) is 18.4 Å². The molecule has 2 rings (SSSR count). The van der Waals surface area contributed by atoms with E-state index in [1.54, 1.807) is 24.3 Å². The van der Waals surface area contributed by atoms with Crippen LogP contribution in [0.5, 0.6) is 0 Å². The highest BCUT2D eigenvalue weighted by atomic mass is 16.3. The van der Waals surface area contributed by atoms with Crippen molar-refractivity contribution in [3.05, 3.63) is 35.4 Å². The van der Waals surface area contributed by atoms with Crippen LogP contribution in [0.2, 0.25) is 0 Å². The third kappa shape index (κ3) is 5.12. The quantitative estimate of drug-likeness (QED) is 0.240. The van der Waals surface area contributed by atoms with Gasteiger partial charge >= 0.3 is 0 Å². The summed E-state index contributed by atoms with van der Waals surface area (Å²) in [7, 11) is 0. The number of nitriles is 1. The van der Waals surface area contributed by atoms with Crippen molar-refractivity contribution in [2.75, 3.05) is 0 Å². The van der Waals surface area contributed by atoms with Crippen LogP contribution in [-0.4, -0.2) is 52.4 Å². The topological polar surface area (TPSA) is 181 Å². The molecular formula is C20H26N6O4. The number of benzene rings is 1. The first-order valence-corrected chi connectivity index (χ1v) is 9.44. The fourth-order valence-corrected chi connectivity index (χ4v) is 3.20. The van der Waals surface area contributed by atoms with Gasteiger partial charge in [-0.05, 0) is 25.8 Å². The van der Waals surface area contributed by atoms with Crippen molar-refractivity contribution in [2.24, 2.45) is 5.73 Å². The van der Waals surface area contributed by atoms with Crippen LogP contribution in [0.4, 0.5) is 0 Å². The van der Waals surface area contributed by atoms with Crippen LogP contribution in [0.1, 0.15) is 44.2 Å². The number of aliphatic hydroxyl groups excluding tert-OH is 1. The van der Waals surface area contributed by atoms with Crippen LogP contribution in [0.25, 0.3) is 0 Å². The van der Waals surface area contributed by atoms with Gasteiger partial charge in [0.05, 0.1) is 12.2 Å². The number of hydrogen-bond donors (Lipinski definition) is 6. The van der Waals surface area contributed by atoms with Gasteiger partial charge < -0.3 is 26.8 Å². The molecule has 1 fully saturated rings. The summed E-state index contributed by atoms with van der Waals surface area (Å²) >= 11 is 0. The molecule has 0 heterocycles. The summed E-state index contributed by atoms with van der Waals surface area (Å²) < 4.78 is 0. The van der Waals surface area contributed by atoms with E-state index in [9.17, 15) is 24.8 Å². The highest BCUT2D eigenvalue weighted by Gasteiger charge is 2.57. The second-order valence-electron chi connectivity index (χ2n) is 7.51. The number of nitrogens with zero attached hydrogens (tertiary/aromatic N) is 1. The predicted molar refractivity (Wildman–Crippen MR) is 108 cm³/mol. The maximum atomic E-state index is 12.7. The van der Waals surface area contributed by atoms with Crippen LogP contribution >= 0.6 is 0 Å². The summed E-state index contributed by atoms with van der Waals surface area (Å²) in [6, 6.07) is 6.76. The Morgan fingerprint density at radius 2 is 1.83 bits per heavy atom. The molecule has 5 atom stereocenters. The van der Waals surface area contributed by atoms with Crippen molar-refractivity contribution >= 4 is 23.6 Å². The summed E-state index contributed by atoms with van der Waals surface area (Å²) in [6.45, 7) is 4.05. The standard InChI is InChI=1S/C20H26N6O4/c1-10(24-12(3)28)18(29)25-16(11(2)27)19(30)26-20(9-21)8-15(20)13-4-6-14(7-5-13)17(22)23/h4-7,10-11,15-16,27H,8H2,1-3H3,(H3,22,23)(H,24,28)(H,25,29)(H,26,30)/t10-,11?,15?,16-,20?/m0/s1. The lowest BCUT2D eigenvalue weighted by Gasteiger charge is -2.24. The zero-order valence-corrected chi connectivity index (χ0v) is 17.0. The van der Waals surface area contributed by atoms with E-state index in [-0.39, 0.29) is 11.8 Å². The van der Waals surface area contributed by atoms with Crippen molar-refractivity contribution in [2.45, 2.75) is 56.8 Å². The number of nitrogens with two attached hydrogens (primary N) is 1. The van der Waals surface area contributed by atoms with Gasteiger partial charge in [0.25, 0.3) is 0 Å². The molecule has 10 heteroatoms. The van der Waals surface area contributed by atoms with Crippen molar-refractivity contribution in [1.82, 2.24) is 16.0 Å². The normalized spacial score (nSPS) is 22.6. The largest absolute Gasteiger partial charge is 0.391 e. The Kier molecular flexibility index (Phi) is 6.79. The number of carbonyl (C=O) groups is 3. The zero-order valence-electron chi connectivity index (χ0n) is 17.0. The fourth-order valence-electron chi connectivity index (χ4n) is 3.20. The van der Waals surface area contributed by atoms with Crippen LogP contribution in [-0.2, 0) is 14.4 Å². The second kappa shape index (κ2) is 8.92. The predicted octanol–water partition coefficient (Wildman–Crippen LogP) is -0.773. The van der Waals surface area contributed by atoms with Gasteiger partial charge in [-0.25, -0.2) is 0 Å². The van der Waals surface area contributed by atoms with E-state index >= 15 is 0 Å². The van der Waals surface area contributed by atoms with E-state index in [0.717, 1.165) is 5.56 Å². The van der Waals surface area contributed by atoms with E-state index in [1.807, 2.05) is 0 Å². The van der Waals surface area contributed by atoms with Crippen LogP contribution < -0.4 is 21.7 Å². The smallest absolute Gasteiger partial charge is 0.246 e. The lowest BCUT2D eigenvalue weighted by Crippen LogP contribution is -2.58. The number of amides is 3. The SMILES string of the molecule is CC(=O)N[C@@H](C)C(=O)N[C@H](C(=O)NC1(C#N)CC1c1ccc(C(=N)N)cc1)C(C)O. The molecule has 0 saturated heterocycles. The number of hydrogen-bond acceptors (Lipinski definition) is 6. The zero-order chi connectivity index (χ0) is 22.6. The molecule has 0 spiro atoms. The summed E-state index contributed by atoms with van der Waals surface area (Å²) in [5.41, 5.74) is 5.64. The van der Waals surface area contributed by atoms with Gasteiger partial charge in [-0.1, -0.05) is 24.3 Å². The van der Waals surface area contributed by atoms with Crippen LogP contribution in [0.15, 0.2) is 24.3 Å². The average Bonchev–Trinajstić information content (AvgIpc) is 3.39. The van der Waals surface area contributed by atoms with Crippen LogP contribution in [0, 0.1) is 16.7 Å². The molecule has 1 saturated carbocycles. The van der Waals surface area contributed by atoms with Gasteiger partial charge in [0.15, 0.2) is 0 Å². The first kappa shape index (κ1) is 22.8. The van der Waals surface area contributed by atoms with Gasteiger partial charge in [0.2, 0.25) is 17.7 Å². The Morgan fingerprint density at radius 1 is 1.23 bits per heavy atom. The number of carbonyl (C=O) groups excluding carboxylic acids is 3. The van der Waals surface area contributed by atoms with E-state index in [2.05, 4.69) is 22.0 Å². The molecule has 160 valence electrons. The summed E-state index contributed by atoms with van der Waals surface area (Å²) in [5.74, 6) is -2.07. The molecule has 3 amide bonds. The molecular weight excluding hydrogens is 388 g/mol. The summed E-state index contributed by atoms with van der Waals surface area (Å²) in [4.78, 5) is 36.0. The van der Waals surface area contributed by atoms with Crippen molar-refractivity contribution < 1.29 is 19.5 Å². The minimum Gasteiger partial charge on any atom is -0.391 e. The molecule has 10 nitrogen and oxygen atoms in total. The monoisotopic (exact) mass is 414 g/mol. The number of amidine groups is 1. The molecule has 0 aliphatic heterocycles. The highest BCUT2D eigenvalue weighted by Crippen LogP contribution is 2.51. The lowest BCUT2D eigenvalue weighted by atomic mass is 10.0. The fraction of sp³-hybridized carbons (Fsp3) is 0.450. The molecule has 30 heavy (non-hydrogen) atoms. The molecule has 0 radical (unpaired) electrons. The first-order valence-electron chi connectivity index (χ1n) is 9.44. The third-order valence-corrected chi connectivity index (χ3v) is 5.01. The van der Waals surface area contributed by atoms with E-state index in [0.29, 0.717) is 12.0 Å². The maximum absolute atomic E-state index is 12.7. The number of nitrogens with one attached hydrogen (secondary N) is 4. The Hall–Kier alpha value is -3.45. The Balaban J connectivity index is 2.09. The van der Waals surface area contributed by atoms with E-state index < -0.39 is 41.4 Å². The molecule has 3 unspecified atom stereocenters. The second-order valence-corrected chi connectivity index (χ2v) is 7.51. The molecule has 1 aromatic carbocycles. The van der Waals surface area contributed by atoms with E-state index in [1.165, 1.54) is 20.8 Å². The lowest BCUT2D eigenvalue weighted by molar-refractivity contribution is -0.133. The summed E-state index contributed by atoms with van der Waals surface area (Å²) in [5, 5.41) is 34.5. The molecule has 1 aromatic rings. The number of rotatable bonds is 8. The molecule has 0 aromatic heterocycles. The Labute approximate surface area is 174 Å². The third-order valence-electron chi connectivity index (χ3n) is 5.01. The molecule has 0 bridgehead atoms. The maximum Gasteiger partial charge on any atom is 0.246 e.